The number of benzene rings is 1. The van der Waals surface area contributed by atoms with E-state index in [1.807, 2.05) is 11.3 Å². The lowest BCUT2D eigenvalue weighted by molar-refractivity contribution is 0.798. The Labute approximate surface area is 86.6 Å². The van der Waals surface area contributed by atoms with Gasteiger partial charge in [-0.1, -0.05) is 0 Å². The van der Waals surface area contributed by atoms with Crippen molar-refractivity contribution in [3.63, 3.8) is 0 Å². The predicted octanol–water partition coefficient (Wildman–Crippen LogP) is 3.88. The van der Waals surface area contributed by atoms with Crippen LogP contribution in [0.1, 0.15) is 6.92 Å². The Bertz CT molecular complexity index is 588. The van der Waals surface area contributed by atoms with Gasteiger partial charge >= 0.3 is 0 Å². The number of rotatable bonds is 1. The molecule has 14 heavy (non-hydrogen) atoms. The molecule has 0 fully saturated rings. The molecule has 0 spiro atoms. The zero-order valence-electron chi connectivity index (χ0n) is 8.03. The quantitative estimate of drug-likeness (QED) is 0.563. The molecule has 0 saturated heterocycles. The van der Waals surface area contributed by atoms with Gasteiger partial charge in [0, 0.05) is 28.3 Å². The topological polar surface area (TPSA) is 4.93 Å². The third-order valence-corrected chi connectivity index (χ3v) is 3.57. The molecule has 0 saturated carbocycles. The second-order valence-corrected chi connectivity index (χ2v) is 4.42. The highest BCUT2D eigenvalue weighted by atomic mass is 32.1. The Kier molecular flexibility index (Phi) is 1.64. The molecular formula is C12H11NS. The molecule has 0 amide bonds. The molecule has 0 bridgehead atoms. The van der Waals surface area contributed by atoms with E-state index >= 15 is 0 Å². The zero-order chi connectivity index (χ0) is 9.54. The summed E-state index contributed by atoms with van der Waals surface area (Å²) in [6.45, 7) is 3.22. The molecule has 0 aliphatic rings. The monoisotopic (exact) mass is 201 g/mol. The summed E-state index contributed by atoms with van der Waals surface area (Å²) in [4.78, 5) is 0. The van der Waals surface area contributed by atoms with E-state index in [1.54, 1.807) is 0 Å². The van der Waals surface area contributed by atoms with Crippen molar-refractivity contribution in [2.24, 2.45) is 0 Å². The number of thiophene rings is 1. The molecule has 0 aliphatic heterocycles. The summed E-state index contributed by atoms with van der Waals surface area (Å²) in [7, 11) is 0. The lowest BCUT2D eigenvalue weighted by atomic mass is 10.2. The Morgan fingerprint density at radius 3 is 3.00 bits per heavy atom. The van der Waals surface area contributed by atoms with Gasteiger partial charge in [0.15, 0.2) is 0 Å². The summed E-state index contributed by atoms with van der Waals surface area (Å²) < 4.78 is 3.67. The van der Waals surface area contributed by atoms with Crippen LogP contribution in [-0.4, -0.2) is 4.57 Å². The third-order valence-electron chi connectivity index (χ3n) is 2.69. The van der Waals surface area contributed by atoms with E-state index in [0.29, 0.717) is 0 Å². The second-order valence-electron chi connectivity index (χ2n) is 3.47. The molecule has 3 rings (SSSR count). The van der Waals surface area contributed by atoms with Crippen LogP contribution in [0.3, 0.4) is 0 Å². The molecule has 1 nitrogen and oxygen atoms in total. The van der Waals surface area contributed by atoms with Gasteiger partial charge in [0.1, 0.15) is 0 Å². The summed E-state index contributed by atoms with van der Waals surface area (Å²) in [6.07, 6.45) is 2.16. The van der Waals surface area contributed by atoms with Crippen LogP contribution in [0.4, 0.5) is 0 Å². The number of hydrogen-bond donors (Lipinski definition) is 0. The largest absolute Gasteiger partial charge is 0.348 e. The van der Waals surface area contributed by atoms with Gasteiger partial charge in [0.2, 0.25) is 0 Å². The Morgan fingerprint density at radius 1 is 1.21 bits per heavy atom. The fraction of sp³-hybridized carbons (Fsp3) is 0.167. The fourth-order valence-corrected chi connectivity index (χ4v) is 2.74. The second kappa shape index (κ2) is 2.85. The van der Waals surface area contributed by atoms with Crippen molar-refractivity contribution in [2.45, 2.75) is 13.5 Å². The van der Waals surface area contributed by atoms with Crippen LogP contribution < -0.4 is 0 Å². The molecule has 1 aromatic carbocycles. The molecule has 3 aromatic rings. The van der Waals surface area contributed by atoms with Gasteiger partial charge < -0.3 is 4.57 Å². The van der Waals surface area contributed by atoms with Crippen LogP contribution in [0, 0.1) is 0 Å². The van der Waals surface area contributed by atoms with Crippen LogP contribution in [-0.2, 0) is 6.54 Å². The lowest BCUT2D eigenvalue weighted by Crippen LogP contribution is -1.89. The van der Waals surface area contributed by atoms with Crippen molar-refractivity contribution in [3.8, 4) is 0 Å². The lowest BCUT2D eigenvalue weighted by Gasteiger charge is -2.00. The van der Waals surface area contributed by atoms with Crippen molar-refractivity contribution >= 4 is 32.3 Å². The van der Waals surface area contributed by atoms with E-state index in [2.05, 4.69) is 47.3 Å². The highest BCUT2D eigenvalue weighted by Crippen LogP contribution is 2.27. The van der Waals surface area contributed by atoms with E-state index < -0.39 is 0 Å². The van der Waals surface area contributed by atoms with Gasteiger partial charge in [-0.15, -0.1) is 11.3 Å². The van der Waals surface area contributed by atoms with Crippen molar-refractivity contribution in [1.29, 1.82) is 0 Å². The van der Waals surface area contributed by atoms with Crippen LogP contribution in [0.2, 0.25) is 0 Å². The zero-order valence-corrected chi connectivity index (χ0v) is 8.84. The predicted molar refractivity (Wildman–Crippen MR) is 63.0 cm³/mol. The highest BCUT2D eigenvalue weighted by Gasteiger charge is 2.02. The van der Waals surface area contributed by atoms with Crippen molar-refractivity contribution in [1.82, 2.24) is 4.57 Å². The van der Waals surface area contributed by atoms with Gasteiger partial charge in [0.05, 0.1) is 0 Å². The summed E-state index contributed by atoms with van der Waals surface area (Å²) in [5.74, 6) is 0. The van der Waals surface area contributed by atoms with E-state index in [9.17, 15) is 0 Å². The minimum absolute atomic E-state index is 1.04. The van der Waals surface area contributed by atoms with Gasteiger partial charge in [0.25, 0.3) is 0 Å². The molecule has 0 atom stereocenters. The molecule has 0 unspecified atom stereocenters. The summed E-state index contributed by atoms with van der Waals surface area (Å²) >= 11 is 1.81. The maximum atomic E-state index is 2.28. The summed E-state index contributed by atoms with van der Waals surface area (Å²) in [5.41, 5.74) is 1.35. The van der Waals surface area contributed by atoms with Crippen molar-refractivity contribution in [2.75, 3.05) is 0 Å². The van der Waals surface area contributed by atoms with Crippen LogP contribution in [0.5, 0.6) is 0 Å². The third kappa shape index (κ3) is 1.01. The molecule has 2 heterocycles. The molecule has 0 radical (unpaired) electrons. The molecule has 2 heteroatoms. The smallest absolute Gasteiger partial charge is 0.0487 e. The van der Waals surface area contributed by atoms with E-state index in [0.717, 1.165) is 6.54 Å². The summed E-state index contributed by atoms with van der Waals surface area (Å²) in [6, 6.07) is 8.94. The van der Waals surface area contributed by atoms with E-state index in [1.165, 1.54) is 21.0 Å². The van der Waals surface area contributed by atoms with E-state index in [4.69, 9.17) is 0 Å². The van der Waals surface area contributed by atoms with Crippen molar-refractivity contribution < 1.29 is 0 Å². The van der Waals surface area contributed by atoms with Crippen LogP contribution in [0.25, 0.3) is 21.0 Å². The first-order chi connectivity index (χ1) is 6.88. The van der Waals surface area contributed by atoms with Gasteiger partial charge in [-0.3, -0.25) is 0 Å². The van der Waals surface area contributed by atoms with Crippen LogP contribution in [0.15, 0.2) is 35.8 Å². The fourth-order valence-electron chi connectivity index (χ4n) is 1.92. The molecule has 0 aliphatic carbocycles. The highest BCUT2D eigenvalue weighted by molar-refractivity contribution is 7.17. The number of nitrogens with zero attached hydrogens (tertiary/aromatic N) is 1. The summed E-state index contributed by atoms with van der Waals surface area (Å²) in [5, 5.41) is 4.86. The number of fused-ring (bicyclic) bond motifs is 2. The Balaban J connectivity index is 2.47. The molecular weight excluding hydrogens is 190 g/mol. The van der Waals surface area contributed by atoms with Crippen molar-refractivity contribution in [3.05, 3.63) is 35.8 Å². The first-order valence-corrected chi connectivity index (χ1v) is 5.72. The molecule has 70 valence electrons. The average molecular weight is 201 g/mol. The maximum absolute atomic E-state index is 2.28. The first kappa shape index (κ1) is 8.06. The first-order valence-electron chi connectivity index (χ1n) is 4.84. The molecule has 0 N–H and O–H groups in total. The van der Waals surface area contributed by atoms with Gasteiger partial charge in [-0.25, -0.2) is 0 Å². The number of aromatic nitrogens is 1. The molecule has 2 aromatic heterocycles. The normalized spacial score (nSPS) is 11.5. The van der Waals surface area contributed by atoms with Crippen LogP contribution >= 0.6 is 11.3 Å². The number of hydrogen-bond acceptors (Lipinski definition) is 1. The Hall–Kier alpha value is -1.28. The Morgan fingerprint density at radius 2 is 2.14 bits per heavy atom. The average Bonchev–Trinajstić information content (AvgIpc) is 2.78. The maximum Gasteiger partial charge on any atom is 0.0487 e. The minimum Gasteiger partial charge on any atom is -0.348 e. The SMILES string of the molecule is CCn1ccc2cc3sccc3cc21. The van der Waals surface area contributed by atoms with E-state index in [-0.39, 0.29) is 0 Å². The number of aryl methyl sites for hydroxylation is 1. The van der Waals surface area contributed by atoms with Gasteiger partial charge in [-0.2, -0.15) is 0 Å². The van der Waals surface area contributed by atoms with Gasteiger partial charge in [-0.05, 0) is 42.0 Å². The minimum atomic E-state index is 1.04. The standard InChI is InChI=1S/C12H11NS/c1-2-13-5-3-9-8-12-10(4-6-14-12)7-11(9)13/h3-8H,2H2,1H3.